The lowest BCUT2D eigenvalue weighted by molar-refractivity contribution is 0.415. The van der Waals surface area contributed by atoms with E-state index < -0.39 is 0 Å². The molecule has 0 aliphatic heterocycles. The number of benzene rings is 2. The average molecular weight is 318 g/mol. The molecule has 2 aromatic carbocycles. The minimum Gasteiger partial charge on any atom is -0.497 e. The summed E-state index contributed by atoms with van der Waals surface area (Å²) in [6.07, 6.45) is 0. The van der Waals surface area contributed by atoms with Gasteiger partial charge in [-0.15, -0.1) is 16.7 Å². The first-order valence-electron chi connectivity index (χ1n) is 6.64. The lowest BCUT2D eigenvalue weighted by atomic mass is 10.1. The predicted molar refractivity (Wildman–Crippen MR) is 82.9 cm³/mol. The van der Waals surface area contributed by atoms with Crippen LogP contribution in [0.25, 0.3) is 16.9 Å². The second kappa shape index (κ2) is 6.15. The van der Waals surface area contributed by atoms with Gasteiger partial charge in [0, 0.05) is 5.56 Å². The molecule has 0 unspecified atom stereocenters. The number of para-hydroxylation sites is 1. The molecule has 3 rings (SSSR count). The molecule has 1 aromatic heterocycles. The van der Waals surface area contributed by atoms with Gasteiger partial charge in [-0.25, -0.2) is 9.07 Å². The Balaban J connectivity index is 2.17. The van der Waals surface area contributed by atoms with Crippen molar-refractivity contribution < 1.29 is 9.13 Å². The number of alkyl halides is 1. The van der Waals surface area contributed by atoms with Gasteiger partial charge in [-0.1, -0.05) is 17.3 Å². The van der Waals surface area contributed by atoms with Crippen LogP contribution >= 0.6 is 11.6 Å². The van der Waals surface area contributed by atoms with Crippen LogP contribution < -0.4 is 4.74 Å². The molecule has 6 heteroatoms. The predicted octanol–water partition coefficient (Wildman–Crippen LogP) is 3.82. The zero-order valence-electron chi connectivity index (χ0n) is 11.8. The van der Waals surface area contributed by atoms with E-state index in [1.54, 1.807) is 25.3 Å². The number of nitrogens with zero attached hydrogens (tertiary/aromatic N) is 3. The van der Waals surface area contributed by atoms with Crippen molar-refractivity contribution in [2.45, 2.75) is 5.88 Å². The Kier molecular flexibility index (Phi) is 4.06. The van der Waals surface area contributed by atoms with Crippen LogP contribution in [-0.2, 0) is 5.88 Å². The van der Waals surface area contributed by atoms with Crippen molar-refractivity contribution in [1.82, 2.24) is 15.0 Å². The smallest absolute Gasteiger partial charge is 0.148 e. The summed E-state index contributed by atoms with van der Waals surface area (Å²) in [4.78, 5) is 0. The Morgan fingerprint density at radius 2 is 1.86 bits per heavy atom. The molecule has 0 aliphatic carbocycles. The fourth-order valence-corrected chi connectivity index (χ4v) is 2.41. The first-order valence-corrected chi connectivity index (χ1v) is 7.18. The van der Waals surface area contributed by atoms with Gasteiger partial charge in [0.1, 0.15) is 22.9 Å². The first kappa shape index (κ1) is 14.5. The van der Waals surface area contributed by atoms with Crippen molar-refractivity contribution in [3.63, 3.8) is 0 Å². The lowest BCUT2D eigenvalue weighted by Crippen LogP contribution is -2.02. The van der Waals surface area contributed by atoms with E-state index in [2.05, 4.69) is 10.3 Å². The lowest BCUT2D eigenvalue weighted by Gasteiger charge is -2.09. The van der Waals surface area contributed by atoms with Gasteiger partial charge >= 0.3 is 0 Å². The van der Waals surface area contributed by atoms with Gasteiger partial charge in [0.25, 0.3) is 0 Å². The van der Waals surface area contributed by atoms with Crippen LogP contribution in [0.3, 0.4) is 0 Å². The van der Waals surface area contributed by atoms with E-state index in [0.717, 1.165) is 11.3 Å². The van der Waals surface area contributed by atoms with Gasteiger partial charge in [-0.2, -0.15) is 0 Å². The van der Waals surface area contributed by atoms with Crippen molar-refractivity contribution in [3.8, 4) is 22.7 Å². The van der Waals surface area contributed by atoms with E-state index in [4.69, 9.17) is 16.3 Å². The third-order valence-corrected chi connectivity index (χ3v) is 3.56. The van der Waals surface area contributed by atoms with Crippen molar-refractivity contribution in [3.05, 3.63) is 60.0 Å². The van der Waals surface area contributed by atoms with Gasteiger partial charge in [-0.05, 0) is 36.4 Å². The summed E-state index contributed by atoms with van der Waals surface area (Å²) >= 11 is 5.95. The summed E-state index contributed by atoms with van der Waals surface area (Å²) in [5.74, 6) is 0.555. The molecule has 0 radical (unpaired) electrons. The monoisotopic (exact) mass is 317 g/mol. The van der Waals surface area contributed by atoms with Crippen LogP contribution in [0.5, 0.6) is 5.75 Å². The third-order valence-electron chi connectivity index (χ3n) is 3.31. The topological polar surface area (TPSA) is 39.9 Å². The Labute approximate surface area is 132 Å². The maximum Gasteiger partial charge on any atom is 0.148 e. The van der Waals surface area contributed by atoms with Crippen LogP contribution in [0.15, 0.2) is 48.5 Å². The number of halogens is 2. The van der Waals surface area contributed by atoms with Gasteiger partial charge in [0.15, 0.2) is 0 Å². The van der Waals surface area contributed by atoms with E-state index in [0.29, 0.717) is 17.1 Å². The standard InChI is InChI=1S/C16H13ClFN3O/c1-22-12-8-6-11(7-9-12)16-14(10-17)19-20-21(16)15-5-3-2-4-13(15)18/h2-9H,10H2,1H3. The quantitative estimate of drug-likeness (QED) is 0.687. The maximum atomic E-state index is 14.1. The van der Waals surface area contributed by atoms with Crippen LogP contribution in [0.1, 0.15) is 5.69 Å². The Bertz CT molecular complexity index is 786. The SMILES string of the molecule is COc1ccc(-c2c(CCl)nnn2-c2ccccc2F)cc1. The van der Waals surface area contributed by atoms with Crippen LogP contribution in [0.4, 0.5) is 4.39 Å². The summed E-state index contributed by atoms with van der Waals surface area (Å²) in [6, 6.07) is 13.8. The van der Waals surface area contributed by atoms with Crippen molar-refractivity contribution in [2.75, 3.05) is 7.11 Å². The molecule has 112 valence electrons. The van der Waals surface area contributed by atoms with E-state index in [1.807, 2.05) is 24.3 Å². The second-order valence-corrected chi connectivity index (χ2v) is 4.88. The molecule has 0 fully saturated rings. The molecule has 1 heterocycles. The normalized spacial score (nSPS) is 10.7. The van der Waals surface area contributed by atoms with E-state index >= 15 is 0 Å². The highest BCUT2D eigenvalue weighted by Gasteiger charge is 2.17. The highest BCUT2D eigenvalue weighted by atomic mass is 35.5. The number of hydrogen-bond acceptors (Lipinski definition) is 3. The van der Waals surface area contributed by atoms with Crippen LogP contribution in [-0.4, -0.2) is 22.1 Å². The van der Waals surface area contributed by atoms with Crippen molar-refractivity contribution >= 4 is 11.6 Å². The molecule has 0 atom stereocenters. The molecule has 0 saturated heterocycles. The van der Waals surface area contributed by atoms with Crippen LogP contribution in [0, 0.1) is 5.82 Å². The van der Waals surface area contributed by atoms with Gasteiger partial charge in [-0.3, -0.25) is 0 Å². The van der Waals surface area contributed by atoms with Gasteiger partial charge in [0.2, 0.25) is 0 Å². The van der Waals surface area contributed by atoms with Crippen LogP contribution in [0.2, 0.25) is 0 Å². The zero-order valence-corrected chi connectivity index (χ0v) is 12.6. The number of hydrogen-bond donors (Lipinski definition) is 0. The zero-order chi connectivity index (χ0) is 15.5. The number of rotatable bonds is 4. The molecule has 0 spiro atoms. The molecular weight excluding hydrogens is 305 g/mol. The van der Waals surface area contributed by atoms with E-state index in [9.17, 15) is 4.39 Å². The largest absolute Gasteiger partial charge is 0.497 e. The van der Waals surface area contributed by atoms with Gasteiger partial charge < -0.3 is 4.74 Å². The van der Waals surface area contributed by atoms with E-state index in [-0.39, 0.29) is 11.7 Å². The number of aromatic nitrogens is 3. The molecule has 0 aliphatic rings. The molecule has 0 N–H and O–H groups in total. The fraction of sp³-hybridized carbons (Fsp3) is 0.125. The summed E-state index contributed by atoms with van der Waals surface area (Å²) in [5, 5.41) is 8.10. The summed E-state index contributed by atoms with van der Waals surface area (Å²) in [7, 11) is 1.60. The molecule has 22 heavy (non-hydrogen) atoms. The molecule has 3 aromatic rings. The van der Waals surface area contributed by atoms with Gasteiger partial charge in [0.05, 0.1) is 18.7 Å². The van der Waals surface area contributed by atoms with Crippen molar-refractivity contribution in [1.29, 1.82) is 0 Å². The Hall–Kier alpha value is -2.40. The molecule has 0 bridgehead atoms. The highest BCUT2D eigenvalue weighted by Crippen LogP contribution is 2.28. The maximum absolute atomic E-state index is 14.1. The minimum atomic E-state index is -0.372. The molecule has 4 nitrogen and oxygen atoms in total. The van der Waals surface area contributed by atoms with E-state index in [1.165, 1.54) is 10.7 Å². The number of ether oxygens (including phenoxy) is 1. The Morgan fingerprint density at radius 3 is 2.50 bits per heavy atom. The highest BCUT2D eigenvalue weighted by molar-refractivity contribution is 6.17. The summed E-state index contributed by atoms with van der Waals surface area (Å²) < 4.78 is 20.7. The third kappa shape index (κ3) is 2.55. The molecular formula is C16H13ClFN3O. The number of methoxy groups -OCH3 is 1. The minimum absolute atomic E-state index is 0.190. The molecule has 0 amide bonds. The fourth-order valence-electron chi connectivity index (χ4n) is 2.23. The first-order chi connectivity index (χ1) is 10.7. The average Bonchev–Trinajstić information content (AvgIpc) is 2.99. The summed E-state index contributed by atoms with van der Waals surface area (Å²) in [5.41, 5.74) is 2.43. The van der Waals surface area contributed by atoms with Crippen molar-refractivity contribution in [2.24, 2.45) is 0 Å². The Morgan fingerprint density at radius 1 is 1.14 bits per heavy atom. The summed E-state index contributed by atoms with van der Waals surface area (Å²) in [6.45, 7) is 0. The molecule has 0 saturated carbocycles. The second-order valence-electron chi connectivity index (χ2n) is 4.61.